The molecule has 1 atom stereocenters. The van der Waals surface area contributed by atoms with E-state index in [4.69, 9.17) is 22.6 Å². The predicted octanol–water partition coefficient (Wildman–Crippen LogP) is 4.17. The van der Waals surface area contributed by atoms with Crippen molar-refractivity contribution in [2.45, 2.75) is 32.2 Å². The number of Topliss-reactive ketones (excluding diaryl/α,β-unsaturated/α-hetero) is 1. The Bertz CT molecular complexity index is 1130. The maximum absolute atomic E-state index is 13.8. The predicted molar refractivity (Wildman–Crippen MR) is 131 cm³/mol. The smallest absolute Gasteiger partial charge is 0.335 e. The molecule has 0 spiro atoms. The molecule has 3 aromatic rings. The van der Waals surface area contributed by atoms with Gasteiger partial charge in [-0.1, -0.05) is 13.0 Å². The number of H-pyrrole nitrogens is 1. The molecule has 1 aliphatic heterocycles. The number of aromatic amines is 1. The van der Waals surface area contributed by atoms with Crippen molar-refractivity contribution in [3.63, 3.8) is 0 Å². The van der Waals surface area contributed by atoms with Crippen molar-refractivity contribution in [2.75, 3.05) is 32.8 Å². The number of carbonyl (C=O) groups excluding carboxylic acids is 1. The highest BCUT2D eigenvalue weighted by Gasteiger charge is 2.32. The number of hydrogen-bond acceptors (Lipinski definition) is 7. The summed E-state index contributed by atoms with van der Waals surface area (Å²) in [7, 11) is 3.24. The molecule has 34 heavy (non-hydrogen) atoms. The topological polar surface area (TPSA) is 107 Å². The second kappa shape index (κ2) is 12.3. The summed E-state index contributed by atoms with van der Waals surface area (Å²) < 4.78 is 33.0. The van der Waals surface area contributed by atoms with Crippen LogP contribution in [-0.4, -0.2) is 52.7 Å². The van der Waals surface area contributed by atoms with Gasteiger partial charge in [0.1, 0.15) is 11.5 Å². The maximum Gasteiger partial charge on any atom is 0.335 e. The minimum absolute atomic E-state index is 0.0909. The third-order valence-corrected chi connectivity index (χ3v) is 6.11. The molecule has 1 unspecified atom stereocenters. The molecule has 0 aliphatic carbocycles. The maximum atomic E-state index is 13.8. The molecule has 1 aliphatic rings. The number of benzene rings is 2. The van der Waals surface area contributed by atoms with Crippen LogP contribution in [0.1, 0.15) is 35.7 Å². The zero-order chi connectivity index (χ0) is 24.5. The summed E-state index contributed by atoms with van der Waals surface area (Å²) in [6.45, 7) is 3.47. The van der Waals surface area contributed by atoms with Crippen LogP contribution in [-0.2, 0) is 22.7 Å². The molecule has 1 saturated heterocycles. The average molecular weight is 487 g/mol. The van der Waals surface area contributed by atoms with E-state index in [0.717, 1.165) is 41.4 Å². The van der Waals surface area contributed by atoms with Crippen molar-refractivity contribution in [3.05, 3.63) is 53.7 Å². The molecule has 9 heteroatoms. The van der Waals surface area contributed by atoms with Crippen LogP contribution < -0.4 is 14.8 Å². The Labute approximate surface area is 202 Å². The molecule has 8 nitrogen and oxygen atoms in total. The van der Waals surface area contributed by atoms with Gasteiger partial charge >= 0.3 is 11.6 Å². The van der Waals surface area contributed by atoms with Gasteiger partial charge in [0.05, 0.1) is 20.3 Å². The third kappa shape index (κ3) is 6.03. The Morgan fingerprint density at radius 3 is 2.35 bits per heavy atom. The zero-order valence-corrected chi connectivity index (χ0v) is 20.4. The first-order valence-corrected chi connectivity index (χ1v) is 11.8. The highest BCUT2D eigenvalue weighted by Crippen LogP contribution is 2.31. The molecule has 4 rings (SSSR count). The van der Waals surface area contributed by atoms with Crippen molar-refractivity contribution >= 4 is 33.9 Å². The Balaban J connectivity index is 0.00000103. The number of nitrogens with one attached hydrogen (secondary N) is 2. The molecule has 2 heterocycles. The van der Waals surface area contributed by atoms with Crippen LogP contribution in [0.25, 0.3) is 10.9 Å². The summed E-state index contributed by atoms with van der Waals surface area (Å²) in [6, 6.07) is 11.5. The van der Waals surface area contributed by atoms with Crippen LogP contribution in [0.15, 0.2) is 42.6 Å². The molecule has 2 N–H and O–H groups in total. The number of aromatic nitrogens is 1. The number of rotatable bonds is 8. The summed E-state index contributed by atoms with van der Waals surface area (Å²) in [5.41, 5.74) is 3.72. The van der Waals surface area contributed by atoms with Crippen molar-refractivity contribution < 1.29 is 27.4 Å². The molecular formula is C25H30N2O6S. The van der Waals surface area contributed by atoms with E-state index in [1.165, 1.54) is 5.56 Å². The molecule has 0 saturated carbocycles. The van der Waals surface area contributed by atoms with E-state index in [1.807, 2.05) is 24.4 Å². The summed E-state index contributed by atoms with van der Waals surface area (Å²) in [5.74, 6) is 1.63. The number of methoxy groups -OCH3 is 2. The first-order chi connectivity index (χ1) is 16.5. The van der Waals surface area contributed by atoms with Gasteiger partial charge in [-0.25, -0.2) is 0 Å². The third-order valence-electron chi connectivity index (χ3n) is 6.11. The highest BCUT2D eigenvalue weighted by atomic mass is 32.1. The van der Waals surface area contributed by atoms with Gasteiger partial charge in [-0.2, -0.15) is 8.42 Å². The summed E-state index contributed by atoms with van der Waals surface area (Å²) >= 11 is -0.750. The number of ketones is 1. The lowest BCUT2D eigenvalue weighted by Gasteiger charge is -2.31. The van der Waals surface area contributed by atoms with Crippen molar-refractivity contribution in [3.8, 4) is 11.5 Å². The fourth-order valence-corrected chi connectivity index (χ4v) is 4.28. The van der Waals surface area contributed by atoms with E-state index in [9.17, 15) is 4.79 Å². The van der Waals surface area contributed by atoms with Gasteiger partial charge in [-0.05, 0) is 42.9 Å². The molecule has 0 amide bonds. The SMILES string of the molecule is CCc1ccc2[nH]cc(C(=O)C(Nc3cc(OC)cc(OC)c3)C3CCOCC3)c2c1.O=S=O. The van der Waals surface area contributed by atoms with Gasteiger partial charge in [-0.15, -0.1) is 0 Å². The minimum Gasteiger partial charge on any atom is -0.497 e. The molecule has 0 bridgehead atoms. The van der Waals surface area contributed by atoms with Crippen LogP contribution in [0.5, 0.6) is 11.5 Å². The van der Waals surface area contributed by atoms with Crippen molar-refractivity contribution in [2.24, 2.45) is 5.92 Å². The van der Waals surface area contributed by atoms with E-state index >= 15 is 0 Å². The van der Waals surface area contributed by atoms with E-state index in [-0.39, 0.29) is 17.7 Å². The lowest BCUT2D eigenvalue weighted by atomic mass is 9.86. The van der Waals surface area contributed by atoms with Crippen molar-refractivity contribution in [1.29, 1.82) is 0 Å². The quantitative estimate of drug-likeness (QED) is 0.460. The number of ether oxygens (including phenoxy) is 3. The second-order valence-corrected chi connectivity index (χ2v) is 8.18. The summed E-state index contributed by atoms with van der Waals surface area (Å²) in [4.78, 5) is 17.1. The van der Waals surface area contributed by atoms with E-state index in [1.54, 1.807) is 14.2 Å². The standard InChI is InChI=1S/C25H30N2O4.O2S/c1-4-16-5-6-23-21(11-16)22(15-26-23)25(28)24(17-7-9-31-10-8-17)27-18-12-19(29-2)14-20(13-18)30-3;1-3-2/h5-6,11-15,17,24,26-27H,4,7-10H2,1-3H3;. The van der Waals surface area contributed by atoms with Crippen LogP contribution in [0.3, 0.4) is 0 Å². The van der Waals surface area contributed by atoms with Crippen molar-refractivity contribution in [1.82, 2.24) is 4.98 Å². The highest BCUT2D eigenvalue weighted by molar-refractivity contribution is 7.51. The van der Waals surface area contributed by atoms with Gasteiger partial charge in [-0.3, -0.25) is 4.79 Å². The average Bonchev–Trinajstić information content (AvgIpc) is 3.30. The fraction of sp³-hybridized carbons (Fsp3) is 0.400. The molecule has 1 aromatic heterocycles. The number of hydrogen-bond donors (Lipinski definition) is 2. The largest absolute Gasteiger partial charge is 0.497 e. The first kappa shape index (κ1) is 25.5. The molecular weight excluding hydrogens is 456 g/mol. The van der Waals surface area contributed by atoms with Crippen LogP contribution in [0.2, 0.25) is 0 Å². The van der Waals surface area contributed by atoms with Gasteiger partial charge in [0.15, 0.2) is 5.78 Å². The van der Waals surface area contributed by atoms with E-state index in [2.05, 4.69) is 35.4 Å². The van der Waals surface area contributed by atoms with Crippen LogP contribution in [0, 0.1) is 5.92 Å². The van der Waals surface area contributed by atoms with E-state index < -0.39 is 11.6 Å². The number of fused-ring (bicyclic) bond motifs is 1. The summed E-state index contributed by atoms with van der Waals surface area (Å²) in [5, 5.41) is 4.48. The lowest BCUT2D eigenvalue weighted by molar-refractivity contribution is 0.0566. The van der Waals surface area contributed by atoms with Gasteiger partial charge in [0.2, 0.25) is 0 Å². The lowest BCUT2D eigenvalue weighted by Crippen LogP contribution is -2.40. The van der Waals surface area contributed by atoms with Gasteiger partial charge in [0, 0.05) is 59.8 Å². The minimum atomic E-state index is -0.750. The van der Waals surface area contributed by atoms with Crippen LogP contribution >= 0.6 is 0 Å². The zero-order valence-electron chi connectivity index (χ0n) is 19.6. The van der Waals surface area contributed by atoms with Crippen LogP contribution in [0.4, 0.5) is 5.69 Å². The summed E-state index contributed by atoms with van der Waals surface area (Å²) in [6.07, 6.45) is 4.45. The molecule has 182 valence electrons. The Morgan fingerprint density at radius 1 is 1.12 bits per heavy atom. The normalized spacial score (nSPS) is 14.6. The Hall–Kier alpha value is -3.17. The number of anilines is 1. The number of carbonyl (C=O) groups is 1. The second-order valence-electron chi connectivity index (χ2n) is 8.04. The molecule has 2 aromatic carbocycles. The Morgan fingerprint density at radius 2 is 1.76 bits per heavy atom. The molecule has 0 radical (unpaired) electrons. The Kier molecular flexibility index (Phi) is 9.24. The monoisotopic (exact) mass is 486 g/mol. The first-order valence-electron chi connectivity index (χ1n) is 11.2. The van der Waals surface area contributed by atoms with Gasteiger partial charge < -0.3 is 24.5 Å². The van der Waals surface area contributed by atoms with Gasteiger partial charge in [0.25, 0.3) is 0 Å². The fourth-order valence-electron chi connectivity index (χ4n) is 4.28. The molecule has 1 fully saturated rings. The van der Waals surface area contributed by atoms with E-state index in [0.29, 0.717) is 24.7 Å². The number of aryl methyl sites for hydroxylation is 1.